The van der Waals surface area contributed by atoms with Gasteiger partial charge in [-0.3, -0.25) is 4.79 Å². The van der Waals surface area contributed by atoms with E-state index in [4.69, 9.17) is 4.74 Å². The molecule has 1 amide bonds. The molecule has 0 bridgehead atoms. The zero-order valence-corrected chi connectivity index (χ0v) is 14.4. The molecule has 0 saturated carbocycles. The Balaban J connectivity index is 1.81. The molecule has 1 atom stereocenters. The predicted octanol–water partition coefficient (Wildman–Crippen LogP) is 3.53. The summed E-state index contributed by atoms with van der Waals surface area (Å²) >= 11 is 0. The van der Waals surface area contributed by atoms with Crippen LogP contribution in [0.3, 0.4) is 0 Å². The van der Waals surface area contributed by atoms with Crippen molar-refractivity contribution in [1.82, 2.24) is 4.90 Å². The van der Waals surface area contributed by atoms with Gasteiger partial charge in [0.1, 0.15) is 11.7 Å². The average molecular weight is 314 g/mol. The molecule has 0 aliphatic carbocycles. The second-order valence-electron chi connectivity index (χ2n) is 6.41. The standard InChI is InChI=1S/C19H26N2O2/c1-14-11-16(3)18(12-15(14)2)23-10-6-7-17(13-20)19(22)21-8-4-5-9-21/h11-12,17H,4-10H2,1-3H3. The summed E-state index contributed by atoms with van der Waals surface area (Å²) in [5, 5.41) is 9.25. The van der Waals surface area contributed by atoms with Crippen molar-refractivity contribution in [3.05, 3.63) is 28.8 Å². The first-order valence-corrected chi connectivity index (χ1v) is 8.42. The summed E-state index contributed by atoms with van der Waals surface area (Å²) in [5.41, 5.74) is 3.60. The molecule has 1 heterocycles. The number of aryl methyl sites for hydroxylation is 3. The van der Waals surface area contributed by atoms with Crippen LogP contribution in [0.15, 0.2) is 12.1 Å². The molecule has 1 aliphatic heterocycles. The van der Waals surface area contributed by atoms with Crippen LogP contribution in [0, 0.1) is 38.0 Å². The van der Waals surface area contributed by atoms with Crippen LogP contribution in [0.25, 0.3) is 0 Å². The number of nitriles is 1. The SMILES string of the molecule is Cc1cc(C)c(OCCCC(C#N)C(=O)N2CCCC2)cc1C. The number of amides is 1. The maximum Gasteiger partial charge on any atom is 0.239 e. The van der Waals surface area contributed by atoms with Crippen molar-refractivity contribution < 1.29 is 9.53 Å². The number of benzene rings is 1. The Morgan fingerprint density at radius 3 is 2.52 bits per heavy atom. The Morgan fingerprint density at radius 1 is 1.22 bits per heavy atom. The highest BCUT2D eigenvalue weighted by Gasteiger charge is 2.25. The van der Waals surface area contributed by atoms with Gasteiger partial charge in [0.25, 0.3) is 0 Å². The molecule has 0 radical (unpaired) electrons. The molecule has 2 rings (SSSR count). The second kappa shape index (κ2) is 8.01. The number of rotatable bonds is 6. The monoisotopic (exact) mass is 314 g/mol. The fourth-order valence-corrected chi connectivity index (χ4v) is 2.96. The summed E-state index contributed by atoms with van der Waals surface area (Å²) < 4.78 is 5.84. The quantitative estimate of drug-likeness (QED) is 0.755. The zero-order valence-electron chi connectivity index (χ0n) is 14.4. The van der Waals surface area contributed by atoms with Crippen molar-refractivity contribution in [3.63, 3.8) is 0 Å². The zero-order chi connectivity index (χ0) is 16.8. The van der Waals surface area contributed by atoms with Gasteiger partial charge in [-0.25, -0.2) is 0 Å². The van der Waals surface area contributed by atoms with Gasteiger partial charge in [-0.1, -0.05) is 6.07 Å². The Morgan fingerprint density at radius 2 is 1.87 bits per heavy atom. The number of carbonyl (C=O) groups excluding carboxylic acids is 1. The van der Waals surface area contributed by atoms with Crippen LogP contribution < -0.4 is 4.74 Å². The van der Waals surface area contributed by atoms with Crippen molar-refractivity contribution in [1.29, 1.82) is 5.26 Å². The van der Waals surface area contributed by atoms with E-state index >= 15 is 0 Å². The summed E-state index contributed by atoms with van der Waals surface area (Å²) in [7, 11) is 0. The van der Waals surface area contributed by atoms with Crippen LogP contribution in [0.5, 0.6) is 5.75 Å². The van der Waals surface area contributed by atoms with E-state index in [1.54, 1.807) is 0 Å². The minimum Gasteiger partial charge on any atom is -0.493 e. The number of carbonyl (C=O) groups is 1. The van der Waals surface area contributed by atoms with Gasteiger partial charge in [-0.05, 0) is 69.2 Å². The fourth-order valence-electron chi connectivity index (χ4n) is 2.96. The topological polar surface area (TPSA) is 53.3 Å². The molecule has 124 valence electrons. The molecule has 1 aromatic carbocycles. The first kappa shape index (κ1) is 17.3. The summed E-state index contributed by atoms with van der Waals surface area (Å²) in [6, 6.07) is 6.34. The van der Waals surface area contributed by atoms with E-state index in [-0.39, 0.29) is 5.91 Å². The third-order valence-corrected chi connectivity index (χ3v) is 4.56. The predicted molar refractivity (Wildman–Crippen MR) is 90.3 cm³/mol. The minimum absolute atomic E-state index is 0.00707. The van der Waals surface area contributed by atoms with Gasteiger partial charge in [0.05, 0.1) is 12.7 Å². The van der Waals surface area contributed by atoms with E-state index in [0.717, 1.165) is 37.2 Å². The number of hydrogen-bond donors (Lipinski definition) is 0. The normalized spacial score (nSPS) is 15.3. The lowest BCUT2D eigenvalue weighted by atomic mass is 10.0. The molecule has 1 aromatic rings. The molecule has 23 heavy (non-hydrogen) atoms. The highest BCUT2D eigenvalue weighted by molar-refractivity contribution is 5.81. The maximum absolute atomic E-state index is 12.2. The van der Waals surface area contributed by atoms with Crippen LogP contribution in [0.1, 0.15) is 42.4 Å². The lowest BCUT2D eigenvalue weighted by Gasteiger charge is -2.18. The number of ether oxygens (including phenoxy) is 1. The minimum atomic E-state index is -0.530. The Kier molecular flexibility index (Phi) is 6.04. The van der Waals surface area contributed by atoms with Gasteiger partial charge in [0.15, 0.2) is 0 Å². The third-order valence-electron chi connectivity index (χ3n) is 4.56. The Bertz CT molecular complexity index is 598. The summed E-state index contributed by atoms with van der Waals surface area (Å²) in [6.07, 6.45) is 3.39. The van der Waals surface area contributed by atoms with Gasteiger partial charge in [-0.15, -0.1) is 0 Å². The summed E-state index contributed by atoms with van der Waals surface area (Å²) in [5.74, 6) is 0.359. The number of hydrogen-bond acceptors (Lipinski definition) is 3. The smallest absolute Gasteiger partial charge is 0.239 e. The first-order valence-electron chi connectivity index (χ1n) is 8.42. The van der Waals surface area contributed by atoms with Crippen molar-refractivity contribution in [2.24, 2.45) is 5.92 Å². The van der Waals surface area contributed by atoms with Crippen molar-refractivity contribution in [3.8, 4) is 11.8 Å². The molecule has 0 spiro atoms. The molecular weight excluding hydrogens is 288 g/mol. The number of nitrogens with zero attached hydrogens (tertiary/aromatic N) is 2. The van der Waals surface area contributed by atoms with Gasteiger partial charge in [-0.2, -0.15) is 5.26 Å². The van der Waals surface area contributed by atoms with Crippen LogP contribution in [-0.2, 0) is 4.79 Å². The Labute approximate surface area is 139 Å². The molecular formula is C19H26N2O2. The van der Waals surface area contributed by atoms with Crippen molar-refractivity contribution in [2.75, 3.05) is 19.7 Å². The second-order valence-corrected chi connectivity index (χ2v) is 6.41. The van der Waals surface area contributed by atoms with Crippen LogP contribution in [-0.4, -0.2) is 30.5 Å². The lowest BCUT2D eigenvalue weighted by molar-refractivity contribution is -0.132. The molecule has 4 heteroatoms. The summed E-state index contributed by atoms with van der Waals surface area (Å²) in [4.78, 5) is 14.1. The van der Waals surface area contributed by atoms with Crippen molar-refractivity contribution in [2.45, 2.75) is 46.5 Å². The van der Waals surface area contributed by atoms with E-state index in [9.17, 15) is 10.1 Å². The van der Waals surface area contributed by atoms with Gasteiger partial charge in [0, 0.05) is 13.1 Å². The van der Waals surface area contributed by atoms with Crippen molar-refractivity contribution >= 4 is 5.91 Å². The highest BCUT2D eigenvalue weighted by atomic mass is 16.5. The third kappa shape index (κ3) is 4.48. The van der Waals surface area contributed by atoms with Crippen LogP contribution >= 0.6 is 0 Å². The Hall–Kier alpha value is -2.02. The van der Waals surface area contributed by atoms with Gasteiger partial charge >= 0.3 is 0 Å². The molecule has 1 aliphatic rings. The van der Waals surface area contributed by atoms with E-state index in [2.05, 4.69) is 32.0 Å². The lowest BCUT2D eigenvalue weighted by Crippen LogP contribution is -2.33. The molecule has 0 N–H and O–H groups in total. The van der Waals surface area contributed by atoms with E-state index < -0.39 is 5.92 Å². The molecule has 1 unspecified atom stereocenters. The first-order chi connectivity index (χ1) is 11.0. The van der Waals surface area contributed by atoms with Gasteiger partial charge in [0.2, 0.25) is 5.91 Å². The molecule has 1 saturated heterocycles. The largest absolute Gasteiger partial charge is 0.493 e. The molecule has 4 nitrogen and oxygen atoms in total. The molecule has 0 aromatic heterocycles. The van der Waals surface area contributed by atoms with Crippen LogP contribution in [0.2, 0.25) is 0 Å². The highest BCUT2D eigenvalue weighted by Crippen LogP contribution is 2.23. The average Bonchev–Trinajstić information content (AvgIpc) is 3.06. The number of likely N-dealkylation sites (tertiary alicyclic amines) is 1. The van der Waals surface area contributed by atoms with E-state index in [1.807, 2.05) is 11.8 Å². The maximum atomic E-state index is 12.2. The summed E-state index contributed by atoms with van der Waals surface area (Å²) in [6.45, 7) is 8.34. The van der Waals surface area contributed by atoms with E-state index in [1.165, 1.54) is 11.1 Å². The molecule has 1 fully saturated rings. The van der Waals surface area contributed by atoms with Gasteiger partial charge < -0.3 is 9.64 Å². The fraction of sp³-hybridized carbons (Fsp3) is 0.579. The van der Waals surface area contributed by atoms with Crippen LogP contribution in [0.4, 0.5) is 0 Å². The van der Waals surface area contributed by atoms with E-state index in [0.29, 0.717) is 19.4 Å².